The molecule has 2 saturated carbocycles. The van der Waals surface area contributed by atoms with E-state index in [1.165, 1.54) is 156 Å². The van der Waals surface area contributed by atoms with Gasteiger partial charge >= 0.3 is 0 Å². The maximum atomic E-state index is 3.00. The Morgan fingerprint density at radius 2 is 1.05 bits per heavy atom. The molecule has 4 atom stereocenters. The Balaban J connectivity index is 1.16. The second kappa shape index (κ2) is 15.6. The van der Waals surface area contributed by atoms with E-state index in [0.717, 1.165) is 12.8 Å². The van der Waals surface area contributed by atoms with Crippen molar-refractivity contribution in [3.8, 4) is 22.3 Å². The van der Waals surface area contributed by atoms with Crippen LogP contribution in [0.3, 0.4) is 0 Å². The molecule has 4 bridgehead atoms. The molecule has 408 valence electrons. The minimum atomic E-state index is -0.303. The van der Waals surface area contributed by atoms with Gasteiger partial charge in [0.1, 0.15) is 0 Å². The van der Waals surface area contributed by atoms with E-state index in [1.807, 2.05) is 0 Å². The Morgan fingerprint density at radius 3 is 1.73 bits per heavy atom. The summed E-state index contributed by atoms with van der Waals surface area (Å²) < 4.78 is 0. The third-order valence-electron chi connectivity index (χ3n) is 23.6. The first-order valence-electron chi connectivity index (χ1n) is 31.1. The van der Waals surface area contributed by atoms with Gasteiger partial charge in [-0.05, 0) is 170 Å². The molecule has 5 aliphatic heterocycles. The van der Waals surface area contributed by atoms with E-state index < -0.39 is 0 Å². The van der Waals surface area contributed by atoms with Gasteiger partial charge in [-0.1, -0.05) is 208 Å². The van der Waals surface area contributed by atoms with Crippen LogP contribution in [0.1, 0.15) is 219 Å². The Morgan fingerprint density at radius 1 is 0.425 bits per heavy atom. The van der Waals surface area contributed by atoms with E-state index in [2.05, 4.69) is 248 Å². The topological polar surface area (TPSA) is 9.72 Å². The van der Waals surface area contributed by atoms with Gasteiger partial charge in [0.2, 0.25) is 0 Å². The standard InChI is InChI=1S/C76H86BN3/c1-68(2,3)46-28-32-60-56(38-46)73(14)33-21-23-35-75(73,16)79(60)49-41-62-65-63(42-49)80-66-57(74(15)34-22-24-36-76(74,80)17)39-48(69(4,5)6)40-59(66)77(65)58-31-30-53-64-51-37-47(27-29-52(51)72(53,12)13)71(10,11)55-44-61(78(62)67(58)64)50(43-54(55)70(7,8)9)45-25-19-18-20-26-45/h18-20,25-32,37-44H,21-24,33-36H2,1-17H3. The van der Waals surface area contributed by atoms with Crippen LogP contribution in [-0.4, -0.2) is 17.8 Å². The molecule has 2 fully saturated rings. The second-order valence-electron chi connectivity index (χ2n) is 31.6. The first-order valence-corrected chi connectivity index (χ1v) is 31.1. The highest BCUT2D eigenvalue weighted by atomic mass is 15.3. The normalized spacial score (nSPS) is 25.7. The number of anilines is 7. The smallest absolute Gasteiger partial charge is 0.252 e. The fourth-order valence-corrected chi connectivity index (χ4v) is 18.4. The molecule has 0 spiro atoms. The van der Waals surface area contributed by atoms with Gasteiger partial charge in [0.25, 0.3) is 6.71 Å². The summed E-state index contributed by atoms with van der Waals surface area (Å²) in [5, 5.41) is 0. The van der Waals surface area contributed by atoms with E-state index in [1.54, 1.807) is 11.1 Å². The maximum absolute atomic E-state index is 3.00. The second-order valence-corrected chi connectivity index (χ2v) is 31.6. The van der Waals surface area contributed by atoms with E-state index in [9.17, 15) is 0 Å². The van der Waals surface area contributed by atoms with Gasteiger partial charge in [-0.2, -0.15) is 0 Å². The number of fused-ring (bicyclic) bond motifs is 14. The Hall–Kier alpha value is -6.00. The molecule has 8 aliphatic rings. The fraction of sp³-hybridized carbons (Fsp3) is 0.447. The summed E-state index contributed by atoms with van der Waals surface area (Å²) in [6, 6.07) is 48.2. The lowest BCUT2D eigenvalue weighted by molar-refractivity contribution is 0.194. The molecule has 0 N–H and O–H groups in total. The third-order valence-corrected chi connectivity index (χ3v) is 23.6. The molecule has 15 rings (SSSR count). The molecule has 4 unspecified atom stereocenters. The van der Waals surface area contributed by atoms with Crippen LogP contribution in [0.2, 0.25) is 0 Å². The quantitative estimate of drug-likeness (QED) is 0.160. The summed E-state index contributed by atoms with van der Waals surface area (Å²) in [5.41, 5.74) is 31.6. The maximum Gasteiger partial charge on any atom is 0.252 e. The average molecular weight is 1050 g/mol. The number of hydrogen-bond donors (Lipinski definition) is 0. The summed E-state index contributed by atoms with van der Waals surface area (Å²) in [6.45, 7) is 42.5. The predicted molar refractivity (Wildman–Crippen MR) is 343 cm³/mol. The Labute approximate surface area is 480 Å². The SMILES string of the molecule is CC(C)(C)c1ccc2c(c1)C1(C)CCCCC1(C)N2c1cc2c3c(c1)N1c4c(cc(C(C)(C)C)cc4C4(C)CCCCC14C)B3c1ccc3c4c1N2c1cc(c(C(C)(C)C)cc1-c1ccccc1)C(C)(C)c1ccc(c-4c1)C3(C)C. The summed E-state index contributed by atoms with van der Waals surface area (Å²) >= 11 is 0. The van der Waals surface area contributed by atoms with Crippen LogP contribution in [0.5, 0.6) is 0 Å². The Kier molecular flexibility index (Phi) is 9.90. The van der Waals surface area contributed by atoms with Crippen LogP contribution in [0, 0.1) is 0 Å². The molecular formula is C76H86BN3. The van der Waals surface area contributed by atoms with Crippen LogP contribution < -0.4 is 31.1 Å². The summed E-state index contributed by atoms with van der Waals surface area (Å²) in [5.74, 6) is 0. The molecule has 3 aliphatic carbocycles. The zero-order chi connectivity index (χ0) is 56.2. The minimum Gasteiger partial charge on any atom is -0.335 e. The first kappa shape index (κ1) is 50.9. The molecule has 0 radical (unpaired) electrons. The molecule has 0 saturated heterocycles. The van der Waals surface area contributed by atoms with Crippen LogP contribution in [0.25, 0.3) is 22.3 Å². The van der Waals surface area contributed by atoms with Crippen LogP contribution in [-0.2, 0) is 37.9 Å². The van der Waals surface area contributed by atoms with Crippen molar-refractivity contribution in [1.29, 1.82) is 0 Å². The van der Waals surface area contributed by atoms with Gasteiger partial charge in [-0.15, -0.1) is 0 Å². The third kappa shape index (κ3) is 6.15. The largest absolute Gasteiger partial charge is 0.335 e. The highest BCUT2D eigenvalue weighted by Gasteiger charge is 2.63. The molecule has 5 heterocycles. The zero-order valence-electron chi connectivity index (χ0n) is 51.5. The van der Waals surface area contributed by atoms with E-state index in [0.29, 0.717) is 0 Å². The summed E-state index contributed by atoms with van der Waals surface area (Å²) in [6.07, 6.45) is 9.71. The summed E-state index contributed by atoms with van der Waals surface area (Å²) in [4.78, 5) is 8.82. The van der Waals surface area contributed by atoms with Crippen molar-refractivity contribution in [1.82, 2.24) is 0 Å². The average Bonchev–Trinajstić information content (AvgIpc) is 1.65. The zero-order valence-corrected chi connectivity index (χ0v) is 51.5. The van der Waals surface area contributed by atoms with Gasteiger partial charge < -0.3 is 14.7 Å². The van der Waals surface area contributed by atoms with Crippen LogP contribution in [0.15, 0.2) is 115 Å². The van der Waals surface area contributed by atoms with Crippen molar-refractivity contribution < 1.29 is 0 Å². The summed E-state index contributed by atoms with van der Waals surface area (Å²) in [7, 11) is 0. The first-order chi connectivity index (χ1) is 37.6. The van der Waals surface area contributed by atoms with Crippen molar-refractivity contribution in [2.24, 2.45) is 0 Å². The number of benzene rings is 7. The van der Waals surface area contributed by atoms with E-state index >= 15 is 0 Å². The molecule has 7 aromatic carbocycles. The highest BCUT2D eigenvalue weighted by Crippen LogP contribution is 2.67. The lowest BCUT2D eigenvalue weighted by atomic mass is 9.33. The Bertz CT molecular complexity index is 3890. The van der Waals surface area contributed by atoms with Crippen molar-refractivity contribution >= 4 is 62.9 Å². The molecule has 3 nitrogen and oxygen atoms in total. The van der Waals surface area contributed by atoms with Gasteiger partial charge in [0, 0.05) is 66.9 Å². The van der Waals surface area contributed by atoms with Crippen molar-refractivity contribution in [3.05, 3.63) is 165 Å². The fourth-order valence-electron chi connectivity index (χ4n) is 18.4. The minimum absolute atomic E-state index is 0.0178. The van der Waals surface area contributed by atoms with Gasteiger partial charge in [0.05, 0.1) is 16.8 Å². The number of hydrogen-bond acceptors (Lipinski definition) is 3. The van der Waals surface area contributed by atoms with Gasteiger partial charge in [-0.25, -0.2) is 0 Å². The molecule has 80 heavy (non-hydrogen) atoms. The number of nitrogens with zero attached hydrogens (tertiary/aromatic N) is 3. The van der Waals surface area contributed by atoms with Crippen LogP contribution >= 0.6 is 0 Å². The molecule has 0 aromatic heterocycles. The molecule has 0 amide bonds. The lowest BCUT2D eigenvalue weighted by Gasteiger charge is -2.54. The van der Waals surface area contributed by atoms with Gasteiger partial charge in [0.15, 0.2) is 0 Å². The van der Waals surface area contributed by atoms with Gasteiger partial charge in [-0.3, -0.25) is 0 Å². The van der Waals surface area contributed by atoms with E-state index in [4.69, 9.17) is 0 Å². The van der Waals surface area contributed by atoms with Crippen molar-refractivity contribution in [3.63, 3.8) is 0 Å². The number of rotatable bonds is 2. The van der Waals surface area contributed by atoms with Crippen LogP contribution in [0.4, 0.5) is 39.8 Å². The van der Waals surface area contributed by atoms with Crippen molar-refractivity contribution in [2.45, 2.75) is 218 Å². The predicted octanol–water partition coefficient (Wildman–Crippen LogP) is 18.3. The molecule has 4 heteroatoms. The van der Waals surface area contributed by atoms with E-state index in [-0.39, 0.29) is 55.7 Å². The highest BCUT2D eigenvalue weighted by molar-refractivity contribution is 7.00. The van der Waals surface area contributed by atoms with Crippen molar-refractivity contribution in [2.75, 3.05) is 14.7 Å². The monoisotopic (exact) mass is 1050 g/mol. The molecular weight excluding hydrogens is 966 g/mol. The lowest BCUT2D eigenvalue weighted by Crippen LogP contribution is -2.65. The molecule has 7 aromatic rings.